The Labute approximate surface area is 92.5 Å². The van der Waals surface area contributed by atoms with Gasteiger partial charge in [-0.2, -0.15) is 0 Å². The molecule has 1 fully saturated rings. The Kier molecular flexibility index (Phi) is 2.46. The summed E-state index contributed by atoms with van der Waals surface area (Å²) in [7, 11) is 0. The second kappa shape index (κ2) is 3.56. The number of aryl methyl sites for hydroxylation is 1. The van der Waals surface area contributed by atoms with Crippen LogP contribution in [0.15, 0.2) is 18.2 Å². The van der Waals surface area contributed by atoms with E-state index >= 15 is 0 Å². The van der Waals surface area contributed by atoms with Crippen LogP contribution in [0, 0.1) is 18.7 Å². The van der Waals surface area contributed by atoms with E-state index in [1.54, 1.807) is 13.0 Å². The van der Waals surface area contributed by atoms with E-state index < -0.39 is 23.3 Å². The summed E-state index contributed by atoms with van der Waals surface area (Å²) in [5.74, 6) is -1.83. The zero-order valence-corrected chi connectivity index (χ0v) is 8.90. The number of aliphatic carboxylic acids is 1. The highest BCUT2D eigenvalue weighted by molar-refractivity contribution is 5.72. The standard InChI is InChI=1S/C12H13FO3/c1-7-2-3-9(13)4-10(7)12(16)5-8(6-12)11(14)15/h2-4,8,16H,5-6H2,1H3,(H,14,15). The lowest BCUT2D eigenvalue weighted by atomic mass is 9.66. The highest BCUT2D eigenvalue weighted by Crippen LogP contribution is 2.46. The Morgan fingerprint density at radius 1 is 1.50 bits per heavy atom. The largest absolute Gasteiger partial charge is 0.481 e. The zero-order chi connectivity index (χ0) is 11.9. The molecule has 86 valence electrons. The van der Waals surface area contributed by atoms with E-state index in [0.717, 1.165) is 5.56 Å². The van der Waals surface area contributed by atoms with Crippen LogP contribution in [0.2, 0.25) is 0 Å². The van der Waals surface area contributed by atoms with Crippen molar-refractivity contribution in [3.05, 3.63) is 35.1 Å². The van der Waals surface area contributed by atoms with E-state index in [9.17, 15) is 14.3 Å². The Bertz CT molecular complexity index is 436. The Morgan fingerprint density at radius 2 is 2.12 bits per heavy atom. The van der Waals surface area contributed by atoms with Gasteiger partial charge in [0.05, 0.1) is 11.5 Å². The quantitative estimate of drug-likeness (QED) is 0.805. The smallest absolute Gasteiger partial charge is 0.306 e. The first-order valence-corrected chi connectivity index (χ1v) is 5.14. The molecule has 1 aliphatic rings. The van der Waals surface area contributed by atoms with Crippen molar-refractivity contribution in [2.24, 2.45) is 5.92 Å². The molecule has 4 heteroatoms. The van der Waals surface area contributed by atoms with Crippen molar-refractivity contribution in [3.8, 4) is 0 Å². The second-order valence-electron chi connectivity index (χ2n) is 4.43. The minimum absolute atomic E-state index is 0.159. The van der Waals surface area contributed by atoms with Crippen LogP contribution in [0.3, 0.4) is 0 Å². The van der Waals surface area contributed by atoms with E-state index in [1.165, 1.54) is 12.1 Å². The van der Waals surface area contributed by atoms with Crippen LogP contribution in [0.1, 0.15) is 24.0 Å². The predicted octanol–water partition coefficient (Wildman–Crippen LogP) is 1.82. The van der Waals surface area contributed by atoms with Crippen molar-refractivity contribution in [1.29, 1.82) is 0 Å². The van der Waals surface area contributed by atoms with Gasteiger partial charge in [-0.3, -0.25) is 4.79 Å². The lowest BCUT2D eigenvalue weighted by Gasteiger charge is -2.42. The number of carboxylic acids is 1. The number of halogens is 1. The predicted molar refractivity (Wildman–Crippen MR) is 55.4 cm³/mol. The lowest BCUT2D eigenvalue weighted by molar-refractivity contribution is -0.159. The SMILES string of the molecule is Cc1ccc(F)cc1C1(O)CC(C(=O)O)C1. The minimum atomic E-state index is -1.17. The summed E-state index contributed by atoms with van der Waals surface area (Å²) in [4.78, 5) is 10.7. The lowest BCUT2D eigenvalue weighted by Crippen LogP contribution is -2.45. The normalized spacial score (nSPS) is 28.6. The third-order valence-electron chi connectivity index (χ3n) is 3.22. The molecule has 0 unspecified atom stereocenters. The van der Waals surface area contributed by atoms with Crippen LogP contribution in [0.4, 0.5) is 4.39 Å². The highest BCUT2D eigenvalue weighted by Gasteiger charge is 2.48. The molecular weight excluding hydrogens is 211 g/mol. The number of benzene rings is 1. The molecule has 1 saturated carbocycles. The third kappa shape index (κ3) is 1.69. The van der Waals surface area contributed by atoms with E-state index in [1.807, 2.05) is 0 Å². The maximum absolute atomic E-state index is 13.1. The van der Waals surface area contributed by atoms with Crippen LogP contribution in [-0.2, 0) is 10.4 Å². The van der Waals surface area contributed by atoms with E-state index in [4.69, 9.17) is 5.11 Å². The number of hydrogen-bond acceptors (Lipinski definition) is 2. The van der Waals surface area contributed by atoms with E-state index in [2.05, 4.69) is 0 Å². The first kappa shape index (κ1) is 11.1. The van der Waals surface area contributed by atoms with E-state index in [0.29, 0.717) is 5.56 Å². The molecule has 1 aromatic rings. The summed E-state index contributed by atoms with van der Waals surface area (Å²) >= 11 is 0. The van der Waals surface area contributed by atoms with Gasteiger partial charge in [-0.05, 0) is 43.0 Å². The monoisotopic (exact) mass is 224 g/mol. The summed E-state index contributed by atoms with van der Waals surface area (Å²) < 4.78 is 13.1. The maximum atomic E-state index is 13.1. The van der Waals surface area contributed by atoms with Gasteiger partial charge in [0.1, 0.15) is 5.82 Å². The molecule has 0 heterocycles. The van der Waals surface area contributed by atoms with Gasteiger partial charge in [-0.25, -0.2) is 4.39 Å². The Morgan fingerprint density at radius 3 is 2.69 bits per heavy atom. The molecule has 1 aromatic carbocycles. The summed E-state index contributed by atoms with van der Waals surface area (Å²) in [5.41, 5.74) is 0.118. The molecule has 0 amide bonds. The molecule has 0 aliphatic heterocycles. The van der Waals surface area contributed by atoms with Crippen LogP contribution in [0.5, 0.6) is 0 Å². The van der Waals surface area contributed by atoms with Crippen LogP contribution in [-0.4, -0.2) is 16.2 Å². The van der Waals surface area contributed by atoms with Gasteiger partial charge in [0, 0.05) is 0 Å². The topological polar surface area (TPSA) is 57.5 Å². The molecule has 16 heavy (non-hydrogen) atoms. The first-order valence-electron chi connectivity index (χ1n) is 5.14. The molecule has 2 N–H and O–H groups in total. The summed E-state index contributed by atoms with van der Waals surface area (Å²) in [6.45, 7) is 1.78. The number of hydrogen-bond donors (Lipinski definition) is 2. The molecule has 0 atom stereocenters. The average Bonchev–Trinajstić information content (AvgIpc) is 2.16. The Hall–Kier alpha value is -1.42. The van der Waals surface area contributed by atoms with E-state index in [-0.39, 0.29) is 12.8 Å². The number of carbonyl (C=O) groups is 1. The van der Waals surface area contributed by atoms with Crippen LogP contribution < -0.4 is 0 Å². The van der Waals surface area contributed by atoms with Gasteiger partial charge in [0.15, 0.2) is 0 Å². The summed E-state index contributed by atoms with van der Waals surface area (Å²) in [5, 5.41) is 18.9. The highest BCUT2D eigenvalue weighted by atomic mass is 19.1. The fraction of sp³-hybridized carbons (Fsp3) is 0.417. The molecule has 0 spiro atoms. The summed E-state index contributed by atoms with van der Waals surface area (Å²) in [6, 6.07) is 4.21. The molecule has 0 radical (unpaired) electrons. The van der Waals surface area contributed by atoms with Gasteiger partial charge in [0.25, 0.3) is 0 Å². The van der Waals surface area contributed by atoms with Gasteiger partial charge in [0.2, 0.25) is 0 Å². The van der Waals surface area contributed by atoms with Crippen molar-refractivity contribution in [2.75, 3.05) is 0 Å². The Balaban J connectivity index is 2.26. The molecule has 3 nitrogen and oxygen atoms in total. The van der Waals surface area contributed by atoms with Crippen molar-refractivity contribution < 1.29 is 19.4 Å². The zero-order valence-electron chi connectivity index (χ0n) is 8.90. The van der Waals surface area contributed by atoms with Crippen LogP contribution in [0.25, 0.3) is 0 Å². The molecular formula is C12H13FO3. The van der Waals surface area contributed by atoms with Crippen molar-refractivity contribution in [2.45, 2.75) is 25.4 Å². The molecule has 0 aromatic heterocycles. The second-order valence-corrected chi connectivity index (χ2v) is 4.43. The number of aliphatic hydroxyl groups is 1. The average molecular weight is 224 g/mol. The van der Waals surface area contributed by atoms with Gasteiger partial charge < -0.3 is 10.2 Å². The number of rotatable bonds is 2. The fourth-order valence-corrected chi connectivity index (χ4v) is 2.25. The minimum Gasteiger partial charge on any atom is -0.481 e. The fourth-order valence-electron chi connectivity index (χ4n) is 2.25. The maximum Gasteiger partial charge on any atom is 0.306 e. The van der Waals surface area contributed by atoms with Crippen LogP contribution >= 0.6 is 0 Å². The summed E-state index contributed by atoms with van der Waals surface area (Å²) in [6.07, 6.45) is 0.319. The van der Waals surface area contributed by atoms with Crippen molar-refractivity contribution >= 4 is 5.97 Å². The third-order valence-corrected chi connectivity index (χ3v) is 3.22. The first-order chi connectivity index (χ1) is 7.42. The van der Waals surface area contributed by atoms with Crippen molar-refractivity contribution in [1.82, 2.24) is 0 Å². The molecule has 0 bridgehead atoms. The van der Waals surface area contributed by atoms with Crippen molar-refractivity contribution in [3.63, 3.8) is 0 Å². The molecule has 0 saturated heterocycles. The molecule has 1 aliphatic carbocycles. The van der Waals surface area contributed by atoms with Gasteiger partial charge >= 0.3 is 5.97 Å². The molecule has 2 rings (SSSR count). The van der Waals surface area contributed by atoms with Gasteiger partial charge in [-0.1, -0.05) is 6.07 Å². The van der Waals surface area contributed by atoms with Gasteiger partial charge in [-0.15, -0.1) is 0 Å². The number of carboxylic acid groups (broad SMARTS) is 1.